The number of aromatic amines is 1. The Morgan fingerprint density at radius 1 is 0.765 bits per heavy atom. The molecule has 2 N–H and O–H groups in total. The molecule has 244 valence electrons. The quantitative estimate of drug-likeness (QED) is 0.146. The summed E-state index contributed by atoms with van der Waals surface area (Å²) in [6.07, 6.45) is 8.46. The van der Waals surface area contributed by atoms with Crippen LogP contribution >= 0.6 is 0 Å². The van der Waals surface area contributed by atoms with Gasteiger partial charge in [0.2, 0.25) is 0 Å². The van der Waals surface area contributed by atoms with Crippen molar-refractivity contribution in [1.29, 1.82) is 10.7 Å². The number of amidine groups is 1. The molecule has 5 nitrogen and oxygen atoms in total. The molecule has 5 aromatic carbocycles. The lowest BCUT2D eigenvalue weighted by Crippen LogP contribution is -2.17. The number of fused-ring (bicyclic) bond motifs is 6. The fraction of sp³-hybridized carbons (Fsp3) is 0.109. The number of pyridine rings is 1. The van der Waals surface area contributed by atoms with E-state index in [1.165, 1.54) is 33.4 Å². The number of nitrogens with one attached hydrogen (secondary N) is 2. The molecule has 2 heterocycles. The van der Waals surface area contributed by atoms with Crippen LogP contribution in [0.15, 0.2) is 151 Å². The monoisotopic (exact) mass is 658 g/mol. The van der Waals surface area contributed by atoms with Crippen LogP contribution in [0.2, 0.25) is 0 Å². The molecule has 0 amide bonds. The third-order valence-electron chi connectivity index (χ3n) is 10.6. The molecule has 1 aromatic heterocycles. The first-order valence-corrected chi connectivity index (χ1v) is 17.3. The van der Waals surface area contributed by atoms with E-state index >= 15 is 0 Å². The SMILES string of the molecule is CC1(C)c2cc(C#N)ccc2-c2ccc(-c3cccc4c3OC3C=CC(c5ccc(-c6cccc(C(=N)/N=c7/cccc[nH]7)c6)cc5)=CC43)cc21. The van der Waals surface area contributed by atoms with Gasteiger partial charge in [-0.15, -0.1) is 0 Å². The molecule has 0 spiro atoms. The minimum Gasteiger partial charge on any atom is -0.484 e. The summed E-state index contributed by atoms with van der Waals surface area (Å²) >= 11 is 0. The molecule has 0 saturated carbocycles. The minimum atomic E-state index is -0.209. The first kappa shape index (κ1) is 30.5. The molecule has 0 bridgehead atoms. The van der Waals surface area contributed by atoms with Gasteiger partial charge < -0.3 is 9.72 Å². The highest BCUT2D eigenvalue weighted by molar-refractivity contribution is 5.98. The maximum Gasteiger partial charge on any atom is 0.154 e. The maximum absolute atomic E-state index is 9.54. The number of hydrogen-bond acceptors (Lipinski definition) is 3. The van der Waals surface area contributed by atoms with Crippen LogP contribution < -0.4 is 10.2 Å². The van der Waals surface area contributed by atoms with E-state index in [9.17, 15) is 5.26 Å². The molecule has 6 aromatic rings. The van der Waals surface area contributed by atoms with Gasteiger partial charge in [0.15, 0.2) is 5.84 Å². The van der Waals surface area contributed by atoms with Gasteiger partial charge in [-0.2, -0.15) is 5.26 Å². The van der Waals surface area contributed by atoms with Crippen molar-refractivity contribution < 1.29 is 4.74 Å². The van der Waals surface area contributed by atoms with Crippen molar-refractivity contribution in [3.8, 4) is 45.2 Å². The second kappa shape index (κ2) is 11.8. The van der Waals surface area contributed by atoms with Gasteiger partial charge in [0.1, 0.15) is 17.3 Å². The van der Waals surface area contributed by atoms with Crippen molar-refractivity contribution in [2.45, 2.75) is 31.3 Å². The number of aromatic nitrogens is 1. The summed E-state index contributed by atoms with van der Waals surface area (Å²) in [5.41, 5.74) is 14.7. The fourth-order valence-electron chi connectivity index (χ4n) is 7.86. The minimum absolute atomic E-state index is 0.0549. The Morgan fingerprint density at radius 2 is 1.53 bits per heavy atom. The van der Waals surface area contributed by atoms with Gasteiger partial charge in [0, 0.05) is 34.2 Å². The molecule has 2 unspecified atom stereocenters. The highest BCUT2D eigenvalue weighted by Gasteiger charge is 2.38. The molecular weight excluding hydrogens is 625 g/mol. The third-order valence-corrected chi connectivity index (χ3v) is 10.6. The van der Waals surface area contributed by atoms with Gasteiger partial charge in [0.05, 0.1) is 11.6 Å². The van der Waals surface area contributed by atoms with Crippen molar-refractivity contribution in [2.24, 2.45) is 4.99 Å². The molecule has 0 saturated heterocycles. The van der Waals surface area contributed by atoms with Crippen LogP contribution in [-0.4, -0.2) is 16.9 Å². The highest BCUT2D eigenvalue weighted by atomic mass is 16.5. The smallest absolute Gasteiger partial charge is 0.154 e. The number of nitrogens with zero attached hydrogens (tertiary/aromatic N) is 2. The van der Waals surface area contributed by atoms with Gasteiger partial charge in [0.25, 0.3) is 0 Å². The third kappa shape index (κ3) is 5.16. The number of para-hydroxylation sites is 1. The Bertz CT molecular complexity index is 2560. The molecule has 0 radical (unpaired) electrons. The fourth-order valence-corrected chi connectivity index (χ4v) is 7.86. The second-order valence-corrected chi connectivity index (χ2v) is 13.9. The Hall–Kier alpha value is -6.51. The van der Waals surface area contributed by atoms with Crippen LogP contribution in [0.5, 0.6) is 5.75 Å². The predicted molar refractivity (Wildman–Crippen MR) is 203 cm³/mol. The van der Waals surface area contributed by atoms with E-state index in [0.717, 1.165) is 39.1 Å². The van der Waals surface area contributed by atoms with E-state index in [1.807, 2.05) is 48.5 Å². The summed E-state index contributed by atoms with van der Waals surface area (Å²) in [7, 11) is 0. The number of hydrogen-bond donors (Lipinski definition) is 2. The lowest BCUT2D eigenvalue weighted by atomic mass is 9.81. The topological polar surface area (TPSA) is 85.0 Å². The van der Waals surface area contributed by atoms with Gasteiger partial charge in [-0.3, -0.25) is 5.41 Å². The molecule has 5 heteroatoms. The number of rotatable bonds is 4. The molecular formula is C46H34N4O. The van der Waals surface area contributed by atoms with Crippen LogP contribution in [0.4, 0.5) is 0 Å². The predicted octanol–water partition coefficient (Wildman–Crippen LogP) is 9.95. The van der Waals surface area contributed by atoms with Crippen molar-refractivity contribution >= 4 is 11.4 Å². The normalized spacial score (nSPS) is 17.7. The summed E-state index contributed by atoms with van der Waals surface area (Å²) in [4.78, 5) is 7.50. The summed E-state index contributed by atoms with van der Waals surface area (Å²) in [6.45, 7) is 4.50. The molecule has 51 heavy (non-hydrogen) atoms. The molecule has 2 atom stereocenters. The van der Waals surface area contributed by atoms with Crippen LogP contribution in [-0.2, 0) is 5.41 Å². The molecule has 2 aliphatic carbocycles. The number of nitriles is 1. The Morgan fingerprint density at radius 3 is 2.33 bits per heavy atom. The van der Waals surface area contributed by atoms with Crippen LogP contribution in [0, 0.1) is 16.7 Å². The first-order valence-electron chi connectivity index (χ1n) is 17.3. The largest absolute Gasteiger partial charge is 0.484 e. The highest BCUT2D eigenvalue weighted by Crippen LogP contribution is 2.52. The summed E-state index contributed by atoms with van der Waals surface area (Å²) < 4.78 is 6.69. The number of ether oxygens (including phenoxy) is 1. The van der Waals surface area contributed by atoms with Crippen molar-refractivity contribution in [3.63, 3.8) is 0 Å². The molecule has 1 aliphatic heterocycles. The first-order chi connectivity index (χ1) is 24.9. The van der Waals surface area contributed by atoms with E-state index in [2.05, 4.69) is 121 Å². The Kier molecular flexibility index (Phi) is 7.08. The van der Waals surface area contributed by atoms with E-state index in [4.69, 9.17) is 10.1 Å². The lowest BCUT2D eigenvalue weighted by molar-refractivity contribution is 0.270. The number of H-pyrrole nitrogens is 1. The zero-order valence-corrected chi connectivity index (χ0v) is 28.3. The van der Waals surface area contributed by atoms with E-state index in [0.29, 0.717) is 11.1 Å². The number of allylic oxidation sites excluding steroid dienone is 2. The van der Waals surface area contributed by atoms with Gasteiger partial charge in [-0.05, 0) is 92.6 Å². The summed E-state index contributed by atoms with van der Waals surface area (Å²) in [5.74, 6) is 1.28. The summed E-state index contributed by atoms with van der Waals surface area (Å²) in [6, 6.07) is 43.9. The summed E-state index contributed by atoms with van der Waals surface area (Å²) in [5, 5.41) is 18.1. The number of benzene rings is 5. The van der Waals surface area contributed by atoms with E-state index in [-0.39, 0.29) is 23.3 Å². The van der Waals surface area contributed by atoms with Crippen molar-refractivity contribution in [3.05, 3.63) is 185 Å². The second-order valence-electron chi connectivity index (χ2n) is 13.9. The van der Waals surface area contributed by atoms with Crippen LogP contribution in [0.1, 0.15) is 53.1 Å². The Labute approximate surface area is 297 Å². The molecule has 3 aliphatic rings. The van der Waals surface area contributed by atoms with Gasteiger partial charge in [-0.25, -0.2) is 4.99 Å². The average Bonchev–Trinajstić information content (AvgIpc) is 3.66. The molecule has 9 rings (SSSR count). The van der Waals surface area contributed by atoms with Gasteiger partial charge in [-0.1, -0.05) is 111 Å². The van der Waals surface area contributed by atoms with E-state index in [1.54, 1.807) is 6.20 Å². The van der Waals surface area contributed by atoms with Crippen LogP contribution in [0.25, 0.3) is 39.0 Å². The zero-order chi connectivity index (χ0) is 34.7. The van der Waals surface area contributed by atoms with Gasteiger partial charge >= 0.3 is 0 Å². The van der Waals surface area contributed by atoms with Crippen molar-refractivity contribution in [1.82, 2.24) is 4.98 Å². The Balaban J connectivity index is 0.989. The average molecular weight is 659 g/mol. The lowest BCUT2D eigenvalue weighted by Gasteiger charge is -2.22. The van der Waals surface area contributed by atoms with E-state index < -0.39 is 0 Å². The van der Waals surface area contributed by atoms with Crippen molar-refractivity contribution in [2.75, 3.05) is 0 Å². The maximum atomic E-state index is 9.54. The van der Waals surface area contributed by atoms with Crippen LogP contribution in [0.3, 0.4) is 0 Å². The molecule has 0 fully saturated rings. The standard InChI is InChI=1S/C46H34N4O/c1-46(2)40-23-28(27-47)12-19-36(40)37-20-17-33(26-41(37)46)35-9-6-10-38-39-25-32(18-21-42(39)51-44(35)38)30-15-13-29(14-16-30)31-7-5-8-34(24-31)45(48)50-43-11-3-4-22-49-43/h3-26,39,42H,1-2H3,(H2,48,49,50). The zero-order valence-electron chi connectivity index (χ0n) is 28.3.